The Balaban J connectivity index is 2.39. The highest BCUT2D eigenvalue weighted by molar-refractivity contribution is 9.10. The molecule has 0 unspecified atom stereocenters. The van der Waals surface area contributed by atoms with Gasteiger partial charge in [-0.3, -0.25) is 4.79 Å². The third-order valence-corrected chi connectivity index (χ3v) is 4.10. The molecule has 3 aromatic carbocycles. The summed E-state index contributed by atoms with van der Waals surface area (Å²) in [5.74, 6) is -0.973. The number of carbonyl (C=O) groups excluding carboxylic acids is 1. The van der Waals surface area contributed by atoms with Crippen molar-refractivity contribution in [2.75, 3.05) is 0 Å². The van der Waals surface area contributed by atoms with Crippen LogP contribution in [0, 0.1) is 5.82 Å². The fraction of sp³-hybridized carbons (Fsp3) is 0. The lowest BCUT2D eigenvalue weighted by molar-refractivity contribution is 0.100. The number of halogens is 2. The first-order chi connectivity index (χ1) is 10.1. The quantitative estimate of drug-likeness (QED) is 0.730. The lowest BCUT2D eigenvalue weighted by Gasteiger charge is -2.11. The molecule has 4 heteroatoms. The standard InChI is InChI=1S/C17H11BrFNO/c18-16-8-7-12(11-3-1-2-4-13(11)16)15-9-10(19)5-6-14(15)17(20)21/h1-9H,(H2,20,21). The van der Waals surface area contributed by atoms with Crippen molar-refractivity contribution >= 4 is 32.6 Å². The van der Waals surface area contributed by atoms with E-state index in [0.29, 0.717) is 11.1 Å². The maximum atomic E-state index is 13.6. The van der Waals surface area contributed by atoms with Crippen LogP contribution in [-0.4, -0.2) is 5.91 Å². The van der Waals surface area contributed by atoms with E-state index in [0.717, 1.165) is 20.8 Å². The molecule has 104 valence electrons. The van der Waals surface area contributed by atoms with Crippen LogP contribution < -0.4 is 5.73 Å². The average Bonchev–Trinajstić information content (AvgIpc) is 2.47. The normalized spacial score (nSPS) is 10.8. The molecule has 0 saturated carbocycles. The van der Waals surface area contributed by atoms with E-state index in [9.17, 15) is 9.18 Å². The van der Waals surface area contributed by atoms with Crippen LogP contribution in [0.5, 0.6) is 0 Å². The van der Waals surface area contributed by atoms with Gasteiger partial charge in [-0.2, -0.15) is 0 Å². The first-order valence-corrected chi connectivity index (χ1v) is 7.14. The smallest absolute Gasteiger partial charge is 0.249 e. The Morgan fingerprint density at radius 3 is 2.38 bits per heavy atom. The van der Waals surface area contributed by atoms with Crippen LogP contribution in [0.4, 0.5) is 4.39 Å². The molecule has 0 aromatic heterocycles. The second-order valence-corrected chi connectivity index (χ2v) is 5.55. The third-order valence-electron chi connectivity index (χ3n) is 3.41. The van der Waals surface area contributed by atoms with Crippen molar-refractivity contribution in [2.24, 2.45) is 5.73 Å². The van der Waals surface area contributed by atoms with Crippen molar-refractivity contribution in [1.29, 1.82) is 0 Å². The molecule has 3 aromatic rings. The second-order valence-electron chi connectivity index (χ2n) is 4.69. The molecule has 0 fully saturated rings. The Morgan fingerprint density at radius 2 is 1.67 bits per heavy atom. The maximum absolute atomic E-state index is 13.6. The SMILES string of the molecule is NC(=O)c1ccc(F)cc1-c1ccc(Br)c2ccccc12. The summed E-state index contributed by atoms with van der Waals surface area (Å²) in [4.78, 5) is 11.6. The van der Waals surface area contributed by atoms with Crippen LogP contribution in [0.1, 0.15) is 10.4 Å². The molecule has 2 nitrogen and oxygen atoms in total. The summed E-state index contributed by atoms with van der Waals surface area (Å²) in [7, 11) is 0. The van der Waals surface area contributed by atoms with E-state index in [-0.39, 0.29) is 0 Å². The van der Waals surface area contributed by atoms with Gasteiger partial charge in [0.1, 0.15) is 5.82 Å². The molecular weight excluding hydrogens is 333 g/mol. The fourth-order valence-corrected chi connectivity index (χ4v) is 2.93. The van der Waals surface area contributed by atoms with Crippen molar-refractivity contribution < 1.29 is 9.18 Å². The second kappa shape index (κ2) is 5.30. The Hall–Kier alpha value is -2.20. The van der Waals surface area contributed by atoms with Crippen LogP contribution in [0.3, 0.4) is 0 Å². The van der Waals surface area contributed by atoms with Crippen molar-refractivity contribution in [3.05, 3.63) is 70.5 Å². The number of hydrogen-bond acceptors (Lipinski definition) is 1. The largest absolute Gasteiger partial charge is 0.366 e. The van der Waals surface area contributed by atoms with Crippen LogP contribution in [0.25, 0.3) is 21.9 Å². The number of rotatable bonds is 2. The van der Waals surface area contributed by atoms with Gasteiger partial charge in [0.05, 0.1) is 0 Å². The van der Waals surface area contributed by atoms with Crippen molar-refractivity contribution in [2.45, 2.75) is 0 Å². The Kier molecular flexibility index (Phi) is 3.47. The van der Waals surface area contributed by atoms with Gasteiger partial charge in [-0.1, -0.05) is 46.3 Å². The van der Waals surface area contributed by atoms with E-state index in [2.05, 4.69) is 15.9 Å². The van der Waals surface area contributed by atoms with E-state index in [1.165, 1.54) is 18.2 Å². The van der Waals surface area contributed by atoms with Gasteiger partial charge in [0, 0.05) is 10.0 Å². The minimum Gasteiger partial charge on any atom is -0.366 e. The van der Waals surface area contributed by atoms with E-state index in [1.54, 1.807) is 0 Å². The highest BCUT2D eigenvalue weighted by Crippen LogP contribution is 2.35. The topological polar surface area (TPSA) is 43.1 Å². The summed E-state index contributed by atoms with van der Waals surface area (Å²) in [6.07, 6.45) is 0. The van der Waals surface area contributed by atoms with Gasteiger partial charge < -0.3 is 5.73 Å². The van der Waals surface area contributed by atoms with Crippen molar-refractivity contribution in [3.8, 4) is 11.1 Å². The zero-order valence-corrected chi connectivity index (χ0v) is 12.5. The summed E-state index contributed by atoms with van der Waals surface area (Å²) in [6, 6.07) is 15.5. The third kappa shape index (κ3) is 2.43. The fourth-order valence-electron chi connectivity index (χ4n) is 2.45. The molecule has 0 spiro atoms. The lowest BCUT2D eigenvalue weighted by atomic mass is 9.94. The molecule has 2 N–H and O–H groups in total. The molecule has 0 aliphatic rings. The zero-order valence-electron chi connectivity index (χ0n) is 10.9. The van der Waals surface area contributed by atoms with E-state index in [1.807, 2.05) is 36.4 Å². The summed E-state index contributed by atoms with van der Waals surface area (Å²) >= 11 is 3.50. The highest BCUT2D eigenvalue weighted by atomic mass is 79.9. The van der Waals surface area contributed by atoms with Gasteiger partial charge in [-0.15, -0.1) is 0 Å². The van der Waals surface area contributed by atoms with Crippen LogP contribution in [0.2, 0.25) is 0 Å². The van der Waals surface area contributed by atoms with Gasteiger partial charge in [-0.05, 0) is 46.2 Å². The molecular formula is C17H11BrFNO. The minimum atomic E-state index is -0.572. The molecule has 0 atom stereocenters. The number of amides is 1. The number of carbonyl (C=O) groups is 1. The maximum Gasteiger partial charge on any atom is 0.249 e. The predicted octanol–water partition coefficient (Wildman–Crippen LogP) is 4.51. The first kappa shape index (κ1) is 13.8. The predicted molar refractivity (Wildman–Crippen MR) is 85.6 cm³/mol. The summed E-state index contributed by atoms with van der Waals surface area (Å²) in [6.45, 7) is 0. The van der Waals surface area contributed by atoms with E-state index in [4.69, 9.17) is 5.73 Å². The Labute approximate surface area is 129 Å². The molecule has 0 aliphatic heterocycles. The highest BCUT2D eigenvalue weighted by Gasteiger charge is 2.14. The molecule has 0 aliphatic carbocycles. The van der Waals surface area contributed by atoms with Gasteiger partial charge in [0.25, 0.3) is 0 Å². The van der Waals surface area contributed by atoms with Gasteiger partial charge >= 0.3 is 0 Å². The van der Waals surface area contributed by atoms with E-state index < -0.39 is 11.7 Å². The molecule has 0 radical (unpaired) electrons. The van der Waals surface area contributed by atoms with Gasteiger partial charge in [0.15, 0.2) is 0 Å². The molecule has 0 bridgehead atoms. The van der Waals surface area contributed by atoms with Crippen LogP contribution >= 0.6 is 15.9 Å². The average molecular weight is 344 g/mol. The summed E-state index contributed by atoms with van der Waals surface area (Å²) < 4.78 is 14.6. The van der Waals surface area contributed by atoms with Gasteiger partial charge in [-0.25, -0.2) is 4.39 Å². The number of fused-ring (bicyclic) bond motifs is 1. The van der Waals surface area contributed by atoms with Crippen molar-refractivity contribution in [3.63, 3.8) is 0 Å². The monoisotopic (exact) mass is 343 g/mol. The Bertz CT molecular complexity index is 861. The lowest BCUT2D eigenvalue weighted by Crippen LogP contribution is -2.12. The number of nitrogens with two attached hydrogens (primary N) is 1. The van der Waals surface area contributed by atoms with Gasteiger partial charge in [0.2, 0.25) is 5.91 Å². The number of hydrogen-bond donors (Lipinski definition) is 1. The zero-order chi connectivity index (χ0) is 15.0. The molecule has 0 saturated heterocycles. The van der Waals surface area contributed by atoms with E-state index >= 15 is 0 Å². The van der Waals surface area contributed by atoms with Crippen LogP contribution in [-0.2, 0) is 0 Å². The number of primary amides is 1. The number of benzene rings is 3. The minimum absolute atomic E-state index is 0.309. The summed E-state index contributed by atoms with van der Waals surface area (Å²) in [5.41, 5.74) is 7.00. The summed E-state index contributed by atoms with van der Waals surface area (Å²) in [5, 5.41) is 1.93. The Morgan fingerprint density at radius 1 is 0.952 bits per heavy atom. The molecule has 1 amide bonds. The first-order valence-electron chi connectivity index (χ1n) is 6.35. The molecule has 21 heavy (non-hydrogen) atoms. The molecule has 0 heterocycles. The van der Waals surface area contributed by atoms with Crippen molar-refractivity contribution in [1.82, 2.24) is 0 Å². The van der Waals surface area contributed by atoms with Crippen LogP contribution in [0.15, 0.2) is 59.1 Å². The molecule has 3 rings (SSSR count).